The number of hydrogen-bond acceptors (Lipinski definition) is 4. The molecule has 1 amide bonds. The number of piperazine rings is 1. The smallest absolute Gasteiger partial charge is 0.253 e. The number of carbonyl (C=O) groups excluding carboxylic acids is 1. The Morgan fingerprint density at radius 3 is 2.32 bits per heavy atom. The molecule has 5 rings (SSSR count). The number of halogens is 1. The number of fused-ring (bicyclic) bond motifs is 2. The summed E-state index contributed by atoms with van der Waals surface area (Å²) in [5, 5.41) is 4.78. The molecule has 6 nitrogen and oxygen atoms in total. The van der Waals surface area contributed by atoms with Crippen LogP contribution in [0.2, 0.25) is 5.02 Å². The van der Waals surface area contributed by atoms with E-state index in [0.717, 1.165) is 32.7 Å². The Morgan fingerprint density at radius 1 is 0.838 bits per heavy atom. The Balaban J connectivity index is 1.20. The minimum absolute atomic E-state index is 0.0883. The third kappa shape index (κ3) is 5.70. The molecule has 0 aliphatic carbocycles. The van der Waals surface area contributed by atoms with Crippen LogP contribution in [-0.2, 0) is 16.6 Å². The van der Waals surface area contributed by atoms with Crippen molar-refractivity contribution in [3.63, 3.8) is 0 Å². The van der Waals surface area contributed by atoms with Crippen LogP contribution in [0.4, 0.5) is 0 Å². The summed E-state index contributed by atoms with van der Waals surface area (Å²) in [4.78, 5) is 14.8. The SMILES string of the molecule is NCc1ccc2ccc(C(=O)N3CCN(S(=O)(=O)CC=Cc4ccc5cc(Cl)ccc5c4)CC3)cc2c1. The van der Waals surface area contributed by atoms with Crippen LogP contribution in [-0.4, -0.2) is 55.5 Å². The second-order valence-corrected chi connectivity index (χ2v) is 11.7. The van der Waals surface area contributed by atoms with Gasteiger partial charge in [0.2, 0.25) is 10.0 Å². The molecule has 0 saturated carbocycles. The van der Waals surface area contributed by atoms with Gasteiger partial charge >= 0.3 is 0 Å². The van der Waals surface area contributed by atoms with Gasteiger partial charge in [-0.25, -0.2) is 8.42 Å². The zero-order chi connectivity index (χ0) is 26.0. The van der Waals surface area contributed by atoms with Gasteiger partial charge in [-0.15, -0.1) is 0 Å². The van der Waals surface area contributed by atoms with Crippen molar-refractivity contribution in [1.29, 1.82) is 0 Å². The number of benzene rings is 4. The number of nitrogens with zero attached hydrogens (tertiary/aromatic N) is 2. The molecule has 1 fully saturated rings. The first-order valence-electron chi connectivity index (χ1n) is 12.2. The normalized spacial score (nSPS) is 15.1. The summed E-state index contributed by atoms with van der Waals surface area (Å²) < 4.78 is 27.3. The molecule has 1 saturated heterocycles. The lowest BCUT2D eigenvalue weighted by atomic mass is 10.0. The largest absolute Gasteiger partial charge is 0.336 e. The van der Waals surface area contributed by atoms with Crippen LogP contribution in [0.25, 0.3) is 27.6 Å². The minimum Gasteiger partial charge on any atom is -0.336 e. The number of rotatable bonds is 6. The Kier molecular flexibility index (Phi) is 7.31. The van der Waals surface area contributed by atoms with Crippen molar-refractivity contribution in [3.8, 4) is 0 Å². The lowest BCUT2D eigenvalue weighted by Gasteiger charge is -2.34. The molecule has 8 heteroatoms. The Hall–Kier alpha value is -3.23. The van der Waals surface area contributed by atoms with E-state index < -0.39 is 10.0 Å². The highest BCUT2D eigenvalue weighted by atomic mass is 35.5. The molecule has 0 aromatic heterocycles. The highest BCUT2D eigenvalue weighted by Crippen LogP contribution is 2.22. The predicted molar refractivity (Wildman–Crippen MR) is 151 cm³/mol. The van der Waals surface area contributed by atoms with Gasteiger partial charge in [0.15, 0.2) is 0 Å². The summed E-state index contributed by atoms with van der Waals surface area (Å²) >= 11 is 6.04. The molecule has 0 spiro atoms. The van der Waals surface area contributed by atoms with Crippen molar-refractivity contribution in [2.45, 2.75) is 6.54 Å². The molecule has 4 aromatic rings. The summed E-state index contributed by atoms with van der Waals surface area (Å²) in [5.74, 6) is -0.178. The summed E-state index contributed by atoms with van der Waals surface area (Å²) in [7, 11) is -3.47. The van der Waals surface area contributed by atoms with Crippen LogP contribution < -0.4 is 5.73 Å². The quantitative estimate of drug-likeness (QED) is 0.382. The van der Waals surface area contributed by atoms with Gasteiger partial charge in [-0.05, 0) is 69.1 Å². The minimum atomic E-state index is -3.47. The topological polar surface area (TPSA) is 83.7 Å². The monoisotopic (exact) mass is 533 g/mol. The maximum atomic E-state index is 13.1. The number of sulfonamides is 1. The van der Waals surface area contributed by atoms with Crippen molar-refractivity contribution < 1.29 is 13.2 Å². The number of amides is 1. The van der Waals surface area contributed by atoms with E-state index in [1.165, 1.54) is 4.31 Å². The van der Waals surface area contributed by atoms with Gasteiger partial charge in [-0.1, -0.05) is 60.2 Å². The highest BCUT2D eigenvalue weighted by molar-refractivity contribution is 7.89. The summed E-state index contributed by atoms with van der Waals surface area (Å²) in [5.41, 5.74) is 8.28. The Bertz CT molecular complexity index is 1610. The predicted octanol–water partition coefficient (Wildman–Crippen LogP) is 4.91. The second kappa shape index (κ2) is 10.6. The van der Waals surface area contributed by atoms with Crippen LogP contribution in [0.3, 0.4) is 0 Å². The third-order valence-corrected chi connectivity index (χ3v) is 8.75. The fourth-order valence-corrected chi connectivity index (χ4v) is 6.11. The molecule has 0 bridgehead atoms. The first-order chi connectivity index (χ1) is 17.8. The van der Waals surface area contributed by atoms with Crippen LogP contribution >= 0.6 is 11.6 Å². The van der Waals surface area contributed by atoms with Gasteiger partial charge in [0.05, 0.1) is 5.75 Å². The van der Waals surface area contributed by atoms with E-state index in [-0.39, 0.29) is 24.7 Å². The van der Waals surface area contributed by atoms with Crippen molar-refractivity contribution in [2.24, 2.45) is 5.73 Å². The zero-order valence-corrected chi connectivity index (χ0v) is 21.9. The fraction of sp³-hybridized carbons (Fsp3) is 0.207. The average molecular weight is 534 g/mol. The Morgan fingerprint density at radius 2 is 1.54 bits per heavy atom. The van der Waals surface area contributed by atoms with Crippen LogP contribution in [0.15, 0.2) is 78.9 Å². The number of carbonyl (C=O) groups is 1. The number of nitrogens with two attached hydrogens (primary N) is 1. The Labute approximate surface area is 222 Å². The van der Waals surface area contributed by atoms with Gasteiger partial charge in [0.1, 0.15) is 0 Å². The molecular formula is C29H28ClN3O3S. The standard InChI is InChI=1S/C29H28ClN3O3S/c30-28-10-9-24-16-21(3-6-25(24)19-28)2-1-15-37(35,36)33-13-11-32(12-14-33)29(34)26-8-7-23-5-4-22(20-31)17-27(23)18-26/h1-10,16-19H,11-15,20,31H2. The lowest BCUT2D eigenvalue weighted by molar-refractivity contribution is 0.0698. The van der Waals surface area contributed by atoms with E-state index in [2.05, 4.69) is 0 Å². The molecule has 4 aromatic carbocycles. The van der Waals surface area contributed by atoms with Gasteiger partial charge < -0.3 is 10.6 Å². The molecule has 37 heavy (non-hydrogen) atoms. The second-order valence-electron chi connectivity index (χ2n) is 9.22. The van der Waals surface area contributed by atoms with E-state index in [4.69, 9.17) is 17.3 Å². The van der Waals surface area contributed by atoms with Crippen LogP contribution in [0.1, 0.15) is 21.5 Å². The van der Waals surface area contributed by atoms with Gasteiger partial charge in [-0.3, -0.25) is 4.79 Å². The molecule has 0 atom stereocenters. The van der Waals surface area contributed by atoms with Crippen molar-refractivity contribution in [3.05, 3.63) is 101 Å². The van der Waals surface area contributed by atoms with E-state index in [1.54, 1.807) is 11.0 Å². The van der Waals surface area contributed by atoms with Crippen molar-refractivity contribution in [1.82, 2.24) is 9.21 Å². The molecular weight excluding hydrogens is 506 g/mol. The van der Waals surface area contributed by atoms with E-state index in [1.807, 2.05) is 78.9 Å². The molecule has 1 aliphatic rings. The first kappa shape index (κ1) is 25.4. The summed E-state index contributed by atoms with van der Waals surface area (Å²) in [6.07, 6.45) is 3.50. The molecule has 0 radical (unpaired) electrons. The van der Waals surface area contributed by atoms with Crippen molar-refractivity contribution >= 4 is 55.2 Å². The molecule has 2 N–H and O–H groups in total. The fourth-order valence-electron chi connectivity index (χ4n) is 4.66. The van der Waals surface area contributed by atoms with E-state index >= 15 is 0 Å². The maximum Gasteiger partial charge on any atom is 0.253 e. The van der Waals surface area contributed by atoms with Gasteiger partial charge in [0.25, 0.3) is 5.91 Å². The van der Waals surface area contributed by atoms with Crippen molar-refractivity contribution in [2.75, 3.05) is 31.9 Å². The van der Waals surface area contributed by atoms with Crippen LogP contribution in [0.5, 0.6) is 0 Å². The maximum absolute atomic E-state index is 13.1. The molecule has 1 aliphatic heterocycles. The third-order valence-electron chi connectivity index (χ3n) is 6.75. The van der Waals surface area contributed by atoms with E-state index in [0.29, 0.717) is 30.2 Å². The van der Waals surface area contributed by atoms with Gasteiger partial charge in [-0.2, -0.15) is 4.31 Å². The molecule has 0 unspecified atom stereocenters. The van der Waals surface area contributed by atoms with Gasteiger partial charge in [0, 0.05) is 43.3 Å². The molecule has 1 heterocycles. The lowest BCUT2D eigenvalue weighted by Crippen LogP contribution is -2.50. The highest BCUT2D eigenvalue weighted by Gasteiger charge is 2.28. The van der Waals surface area contributed by atoms with Crippen LogP contribution in [0, 0.1) is 0 Å². The first-order valence-corrected chi connectivity index (χ1v) is 14.2. The number of hydrogen-bond donors (Lipinski definition) is 1. The zero-order valence-electron chi connectivity index (χ0n) is 20.3. The average Bonchev–Trinajstić information content (AvgIpc) is 2.92. The summed E-state index contributed by atoms with van der Waals surface area (Å²) in [6, 6.07) is 23.2. The summed E-state index contributed by atoms with van der Waals surface area (Å²) in [6.45, 7) is 1.72. The molecule has 190 valence electrons. The van der Waals surface area contributed by atoms with E-state index in [9.17, 15) is 13.2 Å².